The summed E-state index contributed by atoms with van der Waals surface area (Å²) in [7, 11) is 0. The van der Waals surface area contributed by atoms with E-state index in [2.05, 4.69) is 17.0 Å². The normalized spacial score (nSPS) is 18.1. The molecule has 0 saturated heterocycles. The van der Waals surface area contributed by atoms with Gasteiger partial charge in [0.25, 0.3) is 0 Å². The summed E-state index contributed by atoms with van der Waals surface area (Å²) in [5.74, 6) is 0.174. The van der Waals surface area contributed by atoms with Crippen molar-refractivity contribution in [1.29, 1.82) is 0 Å². The van der Waals surface area contributed by atoms with Crippen molar-refractivity contribution in [3.05, 3.63) is 29.8 Å². The van der Waals surface area contributed by atoms with Crippen LogP contribution in [-0.4, -0.2) is 24.9 Å². The number of rotatable bonds is 8. The molecule has 5 heteroatoms. The largest absolute Gasteiger partial charge is 0.435 e. The number of aliphatic hydroxyl groups excluding tert-OH is 1. The molecule has 1 aromatic carbocycles. The van der Waals surface area contributed by atoms with Gasteiger partial charge in [-0.2, -0.15) is 8.78 Å². The molecule has 0 spiro atoms. The van der Waals surface area contributed by atoms with Crippen LogP contribution in [0.5, 0.6) is 5.75 Å². The Kier molecular flexibility index (Phi) is 4.94. The highest BCUT2D eigenvalue weighted by Gasteiger charge is 2.41. The Labute approximate surface area is 117 Å². The van der Waals surface area contributed by atoms with E-state index >= 15 is 0 Å². The van der Waals surface area contributed by atoms with E-state index in [-0.39, 0.29) is 23.8 Å². The molecule has 2 rings (SSSR count). The van der Waals surface area contributed by atoms with Crippen LogP contribution in [0.2, 0.25) is 0 Å². The maximum Gasteiger partial charge on any atom is 0.387 e. The molecule has 1 aliphatic rings. The zero-order valence-electron chi connectivity index (χ0n) is 11.6. The van der Waals surface area contributed by atoms with Gasteiger partial charge < -0.3 is 15.2 Å². The van der Waals surface area contributed by atoms with Crippen molar-refractivity contribution in [2.45, 2.75) is 38.8 Å². The fourth-order valence-corrected chi connectivity index (χ4v) is 2.29. The molecule has 20 heavy (non-hydrogen) atoms. The van der Waals surface area contributed by atoms with Crippen molar-refractivity contribution in [3.8, 4) is 5.75 Å². The average molecular weight is 285 g/mol. The van der Waals surface area contributed by atoms with Crippen LogP contribution in [-0.2, 0) is 0 Å². The van der Waals surface area contributed by atoms with Crippen molar-refractivity contribution in [2.75, 3.05) is 13.2 Å². The first kappa shape index (κ1) is 15.2. The molecule has 112 valence electrons. The number of aliphatic hydroxyl groups is 1. The summed E-state index contributed by atoms with van der Waals surface area (Å²) in [5, 5.41) is 12.8. The molecule has 0 amide bonds. The van der Waals surface area contributed by atoms with E-state index in [1.165, 1.54) is 0 Å². The Morgan fingerprint density at radius 1 is 1.30 bits per heavy atom. The van der Waals surface area contributed by atoms with E-state index in [9.17, 15) is 13.9 Å². The molecule has 1 aliphatic carbocycles. The van der Waals surface area contributed by atoms with Crippen LogP contribution in [0.15, 0.2) is 24.3 Å². The molecule has 0 heterocycles. The van der Waals surface area contributed by atoms with Crippen LogP contribution in [0.25, 0.3) is 0 Å². The van der Waals surface area contributed by atoms with Gasteiger partial charge in [-0.15, -0.1) is 0 Å². The lowest BCUT2D eigenvalue weighted by Gasteiger charge is -2.21. The monoisotopic (exact) mass is 285 g/mol. The van der Waals surface area contributed by atoms with E-state index in [1.807, 2.05) is 0 Å². The van der Waals surface area contributed by atoms with Crippen molar-refractivity contribution in [2.24, 2.45) is 5.41 Å². The first-order chi connectivity index (χ1) is 9.58. The smallest absolute Gasteiger partial charge is 0.387 e. The fourth-order valence-electron chi connectivity index (χ4n) is 2.29. The van der Waals surface area contributed by atoms with Crippen LogP contribution in [0.4, 0.5) is 8.78 Å². The second kappa shape index (κ2) is 6.50. The number of nitrogens with one attached hydrogen (secondary N) is 1. The molecule has 1 fully saturated rings. The minimum atomic E-state index is -2.79. The van der Waals surface area contributed by atoms with Gasteiger partial charge in [-0.05, 0) is 37.0 Å². The van der Waals surface area contributed by atoms with Gasteiger partial charge in [0.1, 0.15) is 5.75 Å². The van der Waals surface area contributed by atoms with E-state index in [1.54, 1.807) is 24.3 Å². The summed E-state index contributed by atoms with van der Waals surface area (Å²) in [6, 6.07) is 6.89. The minimum Gasteiger partial charge on any atom is -0.435 e. The van der Waals surface area contributed by atoms with Gasteiger partial charge in [-0.1, -0.05) is 19.1 Å². The van der Waals surface area contributed by atoms with Crippen LogP contribution in [0, 0.1) is 5.41 Å². The van der Waals surface area contributed by atoms with Crippen molar-refractivity contribution in [1.82, 2.24) is 5.32 Å². The second-order valence-electron chi connectivity index (χ2n) is 5.45. The van der Waals surface area contributed by atoms with E-state index in [0.717, 1.165) is 31.4 Å². The average Bonchev–Trinajstić information content (AvgIpc) is 3.21. The van der Waals surface area contributed by atoms with Crippen LogP contribution in [0.1, 0.15) is 37.8 Å². The molecule has 0 radical (unpaired) electrons. The highest BCUT2D eigenvalue weighted by atomic mass is 19.3. The lowest BCUT2D eigenvalue weighted by atomic mass is 10.0. The second-order valence-corrected chi connectivity index (χ2v) is 5.45. The molecule has 3 nitrogen and oxygen atoms in total. The molecule has 1 saturated carbocycles. The Morgan fingerprint density at radius 2 is 1.95 bits per heavy atom. The molecule has 0 bridgehead atoms. The summed E-state index contributed by atoms with van der Waals surface area (Å²) >= 11 is 0. The van der Waals surface area contributed by atoms with Crippen molar-refractivity contribution < 1.29 is 18.6 Å². The Hall–Kier alpha value is -1.20. The van der Waals surface area contributed by atoms with Crippen molar-refractivity contribution in [3.63, 3.8) is 0 Å². The highest BCUT2D eigenvalue weighted by molar-refractivity contribution is 5.29. The van der Waals surface area contributed by atoms with E-state index in [4.69, 9.17) is 0 Å². The third-order valence-electron chi connectivity index (χ3n) is 3.93. The summed E-state index contributed by atoms with van der Waals surface area (Å²) in [5.41, 5.74) is 1.11. The predicted molar refractivity (Wildman–Crippen MR) is 72.9 cm³/mol. The van der Waals surface area contributed by atoms with Crippen LogP contribution < -0.4 is 10.1 Å². The maximum atomic E-state index is 12.1. The maximum absolute atomic E-state index is 12.1. The fraction of sp³-hybridized carbons (Fsp3) is 0.600. The summed E-state index contributed by atoms with van der Waals surface area (Å²) < 4.78 is 28.5. The van der Waals surface area contributed by atoms with Gasteiger partial charge in [0.15, 0.2) is 0 Å². The molecular weight excluding hydrogens is 264 g/mol. The molecule has 1 unspecified atom stereocenters. The highest BCUT2D eigenvalue weighted by Crippen LogP contribution is 2.44. The zero-order valence-corrected chi connectivity index (χ0v) is 11.6. The number of ether oxygens (including phenoxy) is 1. The molecular formula is C15H21F2NO2. The third-order valence-corrected chi connectivity index (χ3v) is 3.93. The van der Waals surface area contributed by atoms with Crippen molar-refractivity contribution >= 4 is 0 Å². The number of hydrogen-bond acceptors (Lipinski definition) is 3. The van der Waals surface area contributed by atoms with Gasteiger partial charge >= 0.3 is 6.61 Å². The summed E-state index contributed by atoms with van der Waals surface area (Å²) in [4.78, 5) is 0. The first-order valence-corrected chi connectivity index (χ1v) is 6.97. The minimum absolute atomic E-state index is 0.0617. The Balaban J connectivity index is 1.93. The van der Waals surface area contributed by atoms with Crippen LogP contribution in [0.3, 0.4) is 0 Å². The number of alkyl halides is 2. The lowest BCUT2D eigenvalue weighted by Crippen LogP contribution is -2.29. The molecule has 0 aromatic heterocycles. The van der Waals surface area contributed by atoms with E-state index in [0.29, 0.717) is 0 Å². The topological polar surface area (TPSA) is 41.5 Å². The Morgan fingerprint density at radius 3 is 2.40 bits per heavy atom. The summed E-state index contributed by atoms with van der Waals surface area (Å²) in [6.07, 6.45) is 3.03. The molecule has 0 aliphatic heterocycles. The molecule has 2 N–H and O–H groups in total. The van der Waals surface area contributed by atoms with Gasteiger partial charge in [0.05, 0.1) is 0 Å². The van der Waals surface area contributed by atoms with Crippen LogP contribution >= 0.6 is 0 Å². The molecule has 1 atom stereocenters. The van der Waals surface area contributed by atoms with E-state index < -0.39 is 6.61 Å². The lowest BCUT2D eigenvalue weighted by molar-refractivity contribution is -0.0498. The summed E-state index contributed by atoms with van der Waals surface area (Å²) in [6.45, 7) is 0.287. The van der Waals surface area contributed by atoms with Gasteiger partial charge in [0.2, 0.25) is 0 Å². The predicted octanol–water partition coefficient (Wildman–Crippen LogP) is 3.10. The zero-order chi connectivity index (χ0) is 14.6. The standard InChI is InChI=1S/C15H21F2NO2/c1-2-13(18-9-15(10-19)7-8-15)11-3-5-12(6-4-11)20-14(16)17/h3-6,13-14,18-19H,2,7-10H2,1H3. The van der Waals surface area contributed by atoms with Gasteiger partial charge in [-0.3, -0.25) is 0 Å². The quantitative estimate of drug-likeness (QED) is 0.771. The van der Waals surface area contributed by atoms with Gasteiger partial charge in [-0.25, -0.2) is 0 Å². The molecule has 1 aromatic rings. The third kappa shape index (κ3) is 3.90. The SMILES string of the molecule is CCC(NCC1(CO)CC1)c1ccc(OC(F)F)cc1. The number of hydrogen-bond donors (Lipinski definition) is 2. The number of halogens is 2. The Bertz CT molecular complexity index is 418. The number of benzene rings is 1. The van der Waals surface area contributed by atoms with Gasteiger partial charge in [0, 0.05) is 24.6 Å². The first-order valence-electron chi connectivity index (χ1n) is 6.97.